The van der Waals surface area contributed by atoms with Crippen LogP contribution in [0.4, 0.5) is 0 Å². The molecular formula is C14H18N2O3S. The van der Waals surface area contributed by atoms with Gasteiger partial charge in [0.15, 0.2) is 0 Å². The molecule has 2 aliphatic heterocycles. The number of nitrogens with zero attached hydrogens (tertiary/aromatic N) is 2. The van der Waals surface area contributed by atoms with Gasteiger partial charge in [-0.25, -0.2) is 4.79 Å². The fraction of sp³-hybridized carbons (Fsp3) is 0.571. The zero-order valence-electron chi connectivity index (χ0n) is 11.5. The number of rotatable bonds is 2. The summed E-state index contributed by atoms with van der Waals surface area (Å²) in [7, 11) is 0. The smallest absolute Gasteiger partial charge is 0.352 e. The molecule has 2 aliphatic rings. The topological polar surface area (TPSA) is 62.5 Å². The van der Waals surface area contributed by atoms with E-state index in [2.05, 4.69) is 6.92 Å². The number of fused-ring (bicyclic) bond motifs is 1. The molecule has 1 fully saturated rings. The van der Waals surface area contributed by atoms with Gasteiger partial charge < -0.3 is 14.6 Å². The number of carboxylic acids is 1. The van der Waals surface area contributed by atoms with Crippen LogP contribution in [0.1, 0.15) is 46.3 Å². The van der Waals surface area contributed by atoms with Crippen molar-refractivity contribution >= 4 is 23.6 Å². The first kappa shape index (κ1) is 13.5. The van der Waals surface area contributed by atoms with E-state index < -0.39 is 5.97 Å². The summed E-state index contributed by atoms with van der Waals surface area (Å²) in [5, 5.41) is 9.30. The van der Waals surface area contributed by atoms with Crippen molar-refractivity contribution in [3.05, 3.63) is 23.0 Å². The second-order valence-corrected chi connectivity index (χ2v) is 6.49. The van der Waals surface area contributed by atoms with E-state index in [0.717, 1.165) is 36.6 Å². The molecule has 108 valence electrons. The number of carboxylic acid groups (broad SMARTS) is 1. The third-order valence-corrected chi connectivity index (χ3v) is 5.12. The highest BCUT2D eigenvalue weighted by Crippen LogP contribution is 2.29. The van der Waals surface area contributed by atoms with Crippen molar-refractivity contribution in [1.29, 1.82) is 0 Å². The molecule has 0 saturated carbocycles. The van der Waals surface area contributed by atoms with Crippen molar-refractivity contribution < 1.29 is 14.7 Å². The Morgan fingerprint density at radius 3 is 2.85 bits per heavy atom. The van der Waals surface area contributed by atoms with Crippen LogP contribution in [0, 0.1) is 0 Å². The Bertz CT molecular complexity index is 567. The average molecular weight is 294 g/mol. The second kappa shape index (κ2) is 5.16. The lowest BCUT2D eigenvalue weighted by Crippen LogP contribution is -2.34. The highest BCUT2D eigenvalue weighted by atomic mass is 32.2. The molecule has 20 heavy (non-hydrogen) atoms. The summed E-state index contributed by atoms with van der Waals surface area (Å²) in [6, 6.07) is 1.82. The number of thioether (sulfide) groups is 1. The van der Waals surface area contributed by atoms with Gasteiger partial charge in [0, 0.05) is 36.3 Å². The van der Waals surface area contributed by atoms with Gasteiger partial charge in [0.25, 0.3) is 5.91 Å². The maximum absolute atomic E-state index is 12.7. The summed E-state index contributed by atoms with van der Waals surface area (Å²) < 4.78 is 1.80. The molecule has 5 nitrogen and oxygen atoms in total. The highest BCUT2D eigenvalue weighted by Gasteiger charge is 2.31. The molecule has 1 saturated heterocycles. The van der Waals surface area contributed by atoms with Crippen molar-refractivity contribution in [1.82, 2.24) is 9.47 Å². The number of hydrogen-bond donors (Lipinski definition) is 1. The van der Waals surface area contributed by atoms with E-state index in [1.165, 1.54) is 0 Å². The maximum Gasteiger partial charge on any atom is 0.352 e. The lowest BCUT2D eigenvalue weighted by atomic mass is 10.2. The molecule has 1 atom stereocenters. The van der Waals surface area contributed by atoms with Crippen molar-refractivity contribution in [3.8, 4) is 0 Å². The molecule has 3 rings (SSSR count). The van der Waals surface area contributed by atoms with Crippen LogP contribution in [0.25, 0.3) is 0 Å². The Morgan fingerprint density at radius 1 is 1.40 bits per heavy atom. The van der Waals surface area contributed by atoms with Gasteiger partial charge in [0.2, 0.25) is 0 Å². The summed E-state index contributed by atoms with van der Waals surface area (Å²) in [6.45, 7) is 3.50. The minimum Gasteiger partial charge on any atom is -0.477 e. The summed E-state index contributed by atoms with van der Waals surface area (Å²) in [4.78, 5) is 25.9. The first-order chi connectivity index (χ1) is 9.59. The van der Waals surface area contributed by atoms with Crippen LogP contribution < -0.4 is 0 Å². The highest BCUT2D eigenvalue weighted by molar-refractivity contribution is 7.98. The fourth-order valence-electron chi connectivity index (χ4n) is 3.08. The molecule has 0 radical (unpaired) electrons. The quantitative estimate of drug-likeness (QED) is 0.907. The fourth-order valence-corrected chi connectivity index (χ4v) is 4.04. The Labute approximate surface area is 121 Å². The molecule has 0 aliphatic carbocycles. The molecule has 3 heterocycles. The number of aromatic nitrogens is 1. The predicted molar refractivity (Wildman–Crippen MR) is 77.3 cm³/mol. The van der Waals surface area contributed by atoms with Gasteiger partial charge in [-0.15, -0.1) is 0 Å². The molecule has 1 aromatic rings. The van der Waals surface area contributed by atoms with Crippen molar-refractivity contribution in [2.45, 2.75) is 38.1 Å². The van der Waals surface area contributed by atoms with Crippen LogP contribution in [0.5, 0.6) is 0 Å². The number of likely N-dealkylation sites (tertiary alicyclic amines) is 1. The first-order valence-corrected chi connectivity index (χ1v) is 8.09. The van der Waals surface area contributed by atoms with Gasteiger partial charge >= 0.3 is 5.97 Å². The van der Waals surface area contributed by atoms with Crippen LogP contribution in [-0.2, 0) is 12.3 Å². The van der Waals surface area contributed by atoms with E-state index in [1.54, 1.807) is 22.4 Å². The molecule has 0 spiro atoms. The predicted octanol–water partition coefficient (Wildman–Crippen LogP) is 2.06. The number of hydrogen-bond acceptors (Lipinski definition) is 3. The molecule has 0 bridgehead atoms. The number of carbonyl (C=O) groups is 2. The van der Waals surface area contributed by atoms with Crippen LogP contribution in [-0.4, -0.2) is 44.8 Å². The summed E-state index contributed by atoms with van der Waals surface area (Å²) in [5.41, 5.74) is 1.71. The molecule has 0 aromatic carbocycles. The minimum atomic E-state index is -0.952. The van der Waals surface area contributed by atoms with Gasteiger partial charge in [0.05, 0.1) is 5.56 Å². The Hall–Kier alpha value is -1.43. The van der Waals surface area contributed by atoms with Crippen molar-refractivity contribution in [2.24, 2.45) is 0 Å². The van der Waals surface area contributed by atoms with Crippen LogP contribution in [0.2, 0.25) is 0 Å². The molecule has 1 unspecified atom stereocenters. The monoisotopic (exact) mass is 294 g/mol. The van der Waals surface area contributed by atoms with E-state index in [1.807, 2.05) is 4.90 Å². The van der Waals surface area contributed by atoms with Gasteiger partial charge in [-0.2, -0.15) is 11.8 Å². The van der Waals surface area contributed by atoms with Gasteiger partial charge in [-0.1, -0.05) is 0 Å². The maximum atomic E-state index is 12.7. The molecule has 1 N–H and O–H groups in total. The molecule has 6 heteroatoms. The van der Waals surface area contributed by atoms with E-state index in [4.69, 9.17) is 0 Å². The largest absolute Gasteiger partial charge is 0.477 e. The Morgan fingerprint density at radius 2 is 2.20 bits per heavy atom. The van der Waals surface area contributed by atoms with Crippen molar-refractivity contribution in [3.63, 3.8) is 0 Å². The second-order valence-electron chi connectivity index (χ2n) is 5.39. The van der Waals surface area contributed by atoms with Gasteiger partial charge in [-0.05, 0) is 25.8 Å². The van der Waals surface area contributed by atoms with Gasteiger partial charge in [0.1, 0.15) is 5.69 Å². The van der Waals surface area contributed by atoms with Crippen molar-refractivity contribution in [2.75, 3.05) is 12.3 Å². The third kappa shape index (κ3) is 2.12. The van der Waals surface area contributed by atoms with E-state index in [0.29, 0.717) is 12.1 Å². The lowest BCUT2D eigenvalue weighted by molar-refractivity contribution is 0.0684. The van der Waals surface area contributed by atoms with Crippen LogP contribution in [0.15, 0.2) is 6.07 Å². The zero-order valence-corrected chi connectivity index (χ0v) is 12.3. The van der Waals surface area contributed by atoms with E-state index >= 15 is 0 Å². The average Bonchev–Trinajstić information content (AvgIpc) is 3.01. The molecule has 1 aromatic heterocycles. The Balaban J connectivity index is 2.01. The van der Waals surface area contributed by atoms with Gasteiger partial charge in [-0.3, -0.25) is 4.79 Å². The normalized spacial score (nSPS) is 21.9. The zero-order chi connectivity index (χ0) is 14.3. The third-order valence-electron chi connectivity index (χ3n) is 4.17. The summed E-state index contributed by atoms with van der Waals surface area (Å²) in [6.07, 6.45) is 2.06. The Kier molecular flexibility index (Phi) is 3.50. The van der Waals surface area contributed by atoms with Crippen LogP contribution in [0.3, 0.4) is 0 Å². The summed E-state index contributed by atoms with van der Waals surface area (Å²) >= 11 is 1.75. The first-order valence-electron chi connectivity index (χ1n) is 6.94. The standard InChI is InChI=1S/C14H18N2O3S/c1-9-3-2-4-15(9)13(17)10-7-11(14(18)19)16-5-6-20-8-12(10)16/h7,9H,2-6,8H2,1H3,(H,18,19). The molecule has 1 amide bonds. The number of carbonyl (C=O) groups excluding carboxylic acids is 1. The minimum absolute atomic E-state index is 0.00579. The number of amides is 1. The van der Waals surface area contributed by atoms with E-state index in [-0.39, 0.29) is 17.6 Å². The molecular weight excluding hydrogens is 276 g/mol. The SMILES string of the molecule is CC1CCCN1C(=O)c1cc(C(=O)O)n2c1CSCC2. The summed E-state index contributed by atoms with van der Waals surface area (Å²) in [5.74, 6) is 0.659. The van der Waals surface area contributed by atoms with Crippen LogP contribution >= 0.6 is 11.8 Å². The van der Waals surface area contributed by atoms with E-state index in [9.17, 15) is 14.7 Å². The lowest BCUT2D eigenvalue weighted by Gasteiger charge is -2.23. The number of aromatic carboxylic acids is 1.